The number of benzene rings is 1. The molecule has 1 aliphatic rings. The monoisotopic (exact) mass is 377 g/mol. The van der Waals surface area contributed by atoms with Crippen molar-refractivity contribution in [2.75, 3.05) is 0 Å². The fraction of sp³-hybridized carbons (Fsp3) is 0.350. The zero-order valence-corrected chi connectivity index (χ0v) is 15.5. The molecule has 0 bridgehead atoms. The van der Waals surface area contributed by atoms with Gasteiger partial charge < -0.3 is 4.52 Å². The molecule has 1 aliphatic heterocycles. The number of fused-ring (bicyclic) bond motifs is 1. The summed E-state index contributed by atoms with van der Waals surface area (Å²) < 4.78 is 8.08. The van der Waals surface area contributed by atoms with Crippen LogP contribution in [0.3, 0.4) is 0 Å². The van der Waals surface area contributed by atoms with Gasteiger partial charge in [-0.15, -0.1) is 0 Å². The van der Waals surface area contributed by atoms with Gasteiger partial charge in [-0.3, -0.25) is 13.9 Å². The standard InChI is InChI=1S/C20H19N5O3/c1-2-16-22-18(23-28-16)17-15-5-3-4-10-24(15)20(27)25(19(17)26)12-14-8-6-13(11-21)7-9-14/h6-9H,2-5,10,12H2,1H3. The van der Waals surface area contributed by atoms with Gasteiger partial charge in [0.25, 0.3) is 5.56 Å². The Morgan fingerprint density at radius 3 is 2.68 bits per heavy atom. The van der Waals surface area contributed by atoms with E-state index in [4.69, 9.17) is 9.78 Å². The number of hydrogen-bond acceptors (Lipinski definition) is 6. The van der Waals surface area contributed by atoms with E-state index in [0.29, 0.717) is 42.1 Å². The molecular formula is C20H19N5O3. The Kier molecular flexibility index (Phi) is 4.65. The largest absolute Gasteiger partial charge is 0.339 e. The summed E-state index contributed by atoms with van der Waals surface area (Å²) in [6, 6.07) is 8.90. The second kappa shape index (κ2) is 7.27. The Morgan fingerprint density at radius 1 is 1.21 bits per heavy atom. The molecule has 3 aromatic rings. The summed E-state index contributed by atoms with van der Waals surface area (Å²) in [5, 5.41) is 12.9. The van der Waals surface area contributed by atoms with Gasteiger partial charge in [-0.1, -0.05) is 24.2 Å². The first kappa shape index (κ1) is 17.9. The molecule has 3 heterocycles. The van der Waals surface area contributed by atoms with Crippen LogP contribution in [0.4, 0.5) is 0 Å². The number of rotatable bonds is 4. The van der Waals surface area contributed by atoms with Crippen molar-refractivity contribution < 1.29 is 4.52 Å². The average molecular weight is 377 g/mol. The van der Waals surface area contributed by atoms with Crippen molar-refractivity contribution in [2.45, 2.75) is 45.7 Å². The molecule has 8 heteroatoms. The van der Waals surface area contributed by atoms with Gasteiger partial charge in [0.15, 0.2) is 0 Å². The molecule has 142 valence electrons. The molecule has 0 N–H and O–H groups in total. The summed E-state index contributed by atoms with van der Waals surface area (Å²) in [5.41, 5.74) is 1.58. The van der Waals surface area contributed by atoms with Crippen LogP contribution in [-0.4, -0.2) is 19.3 Å². The van der Waals surface area contributed by atoms with Crippen molar-refractivity contribution in [2.24, 2.45) is 0 Å². The predicted molar refractivity (Wildman–Crippen MR) is 101 cm³/mol. The first-order valence-electron chi connectivity index (χ1n) is 9.31. The first-order chi connectivity index (χ1) is 13.6. The van der Waals surface area contributed by atoms with Crippen LogP contribution < -0.4 is 11.2 Å². The maximum Gasteiger partial charge on any atom is 0.331 e. The molecule has 1 aromatic carbocycles. The van der Waals surface area contributed by atoms with Crippen LogP contribution in [0.5, 0.6) is 0 Å². The fourth-order valence-corrected chi connectivity index (χ4v) is 3.53. The molecule has 0 atom stereocenters. The van der Waals surface area contributed by atoms with Crippen LogP contribution in [0, 0.1) is 11.3 Å². The molecule has 0 amide bonds. The lowest BCUT2D eigenvalue weighted by molar-refractivity contribution is 0.382. The van der Waals surface area contributed by atoms with Crippen LogP contribution in [0.25, 0.3) is 11.4 Å². The van der Waals surface area contributed by atoms with Gasteiger partial charge in [0.1, 0.15) is 5.56 Å². The smallest absolute Gasteiger partial charge is 0.331 e. The van der Waals surface area contributed by atoms with Gasteiger partial charge in [-0.05, 0) is 37.0 Å². The van der Waals surface area contributed by atoms with Gasteiger partial charge in [0, 0.05) is 18.7 Å². The molecule has 2 aromatic heterocycles. The van der Waals surface area contributed by atoms with E-state index in [2.05, 4.69) is 16.2 Å². The third kappa shape index (κ3) is 3.05. The molecule has 0 unspecified atom stereocenters. The highest BCUT2D eigenvalue weighted by molar-refractivity contribution is 5.57. The van der Waals surface area contributed by atoms with E-state index in [1.165, 1.54) is 4.57 Å². The molecule has 0 saturated heterocycles. The highest BCUT2D eigenvalue weighted by atomic mass is 16.5. The summed E-state index contributed by atoms with van der Waals surface area (Å²) in [7, 11) is 0. The summed E-state index contributed by atoms with van der Waals surface area (Å²) in [6.07, 6.45) is 2.99. The van der Waals surface area contributed by atoms with Crippen molar-refractivity contribution in [1.29, 1.82) is 5.26 Å². The summed E-state index contributed by atoms with van der Waals surface area (Å²) >= 11 is 0. The Balaban J connectivity index is 1.88. The molecule has 0 aliphatic carbocycles. The van der Waals surface area contributed by atoms with Crippen molar-refractivity contribution in [1.82, 2.24) is 19.3 Å². The van der Waals surface area contributed by atoms with E-state index < -0.39 is 5.56 Å². The number of aromatic nitrogens is 4. The molecule has 8 nitrogen and oxygen atoms in total. The topological polar surface area (TPSA) is 107 Å². The summed E-state index contributed by atoms with van der Waals surface area (Å²) in [5.74, 6) is 0.690. The third-order valence-corrected chi connectivity index (χ3v) is 5.00. The quantitative estimate of drug-likeness (QED) is 0.687. The Labute approximate surface area is 160 Å². The van der Waals surface area contributed by atoms with E-state index >= 15 is 0 Å². The fourth-order valence-electron chi connectivity index (χ4n) is 3.53. The number of hydrogen-bond donors (Lipinski definition) is 0. The second-order valence-electron chi connectivity index (χ2n) is 6.78. The van der Waals surface area contributed by atoms with Crippen LogP contribution in [-0.2, 0) is 25.9 Å². The molecule has 0 radical (unpaired) electrons. The normalized spacial score (nSPS) is 13.1. The number of nitriles is 1. The highest BCUT2D eigenvalue weighted by Crippen LogP contribution is 2.22. The average Bonchev–Trinajstić information content (AvgIpc) is 3.20. The Bertz CT molecular complexity index is 1180. The summed E-state index contributed by atoms with van der Waals surface area (Å²) in [6.45, 7) is 2.58. The minimum absolute atomic E-state index is 0.120. The molecule has 0 spiro atoms. The van der Waals surface area contributed by atoms with E-state index in [9.17, 15) is 9.59 Å². The zero-order valence-electron chi connectivity index (χ0n) is 15.5. The van der Waals surface area contributed by atoms with Crippen molar-refractivity contribution in [3.05, 3.63) is 67.8 Å². The van der Waals surface area contributed by atoms with Gasteiger partial charge in [0.05, 0.1) is 18.2 Å². The highest BCUT2D eigenvalue weighted by Gasteiger charge is 2.25. The molecule has 0 fully saturated rings. The minimum Gasteiger partial charge on any atom is -0.339 e. The maximum atomic E-state index is 13.3. The van der Waals surface area contributed by atoms with Crippen molar-refractivity contribution in [3.63, 3.8) is 0 Å². The maximum absolute atomic E-state index is 13.3. The molecule has 4 rings (SSSR count). The third-order valence-electron chi connectivity index (χ3n) is 5.00. The van der Waals surface area contributed by atoms with Gasteiger partial charge in [-0.25, -0.2) is 4.79 Å². The second-order valence-corrected chi connectivity index (χ2v) is 6.78. The SMILES string of the molecule is CCc1nc(-c2c3n(c(=O)n(Cc4ccc(C#N)cc4)c2=O)CCCC3)no1. The van der Waals surface area contributed by atoms with E-state index in [-0.39, 0.29) is 18.1 Å². The van der Waals surface area contributed by atoms with E-state index in [0.717, 1.165) is 18.4 Å². The lowest BCUT2D eigenvalue weighted by Crippen LogP contribution is -2.44. The molecule has 28 heavy (non-hydrogen) atoms. The van der Waals surface area contributed by atoms with Crippen LogP contribution >= 0.6 is 0 Å². The zero-order chi connectivity index (χ0) is 19.7. The Hall–Kier alpha value is -3.47. The lowest BCUT2D eigenvalue weighted by atomic mass is 10.0. The first-order valence-corrected chi connectivity index (χ1v) is 9.31. The van der Waals surface area contributed by atoms with Crippen LogP contribution in [0.1, 0.15) is 42.5 Å². The van der Waals surface area contributed by atoms with E-state index in [1.54, 1.807) is 28.8 Å². The van der Waals surface area contributed by atoms with Crippen molar-refractivity contribution in [3.8, 4) is 17.5 Å². The minimum atomic E-state index is -0.411. The van der Waals surface area contributed by atoms with Crippen LogP contribution in [0.15, 0.2) is 38.4 Å². The molecular weight excluding hydrogens is 358 g/mol. The summed E-state index contributed by atoms with van der Waals surface area (Å²) in [4.78, 5) is 30.6. The Morgan fingerprint density at radius 2 is 2.00 bits per heavy atom. The van der Waals surface area contributed by atoms with E-state index in [1.807, 2.05) is 6.92 Å². The van der Waals surface area contributed by atoms with Crippen molar-refractivity contribution >= 4 is 0 Å². The van der Waals surface area contributed by atoms with Gasteiger partial charge in [-0.2, -0.15) is 10.2 Å². The number of aryl methyl sites for hydroxylation is 1. The number of nitrogens with zero attached hydrogens (tertiary/aromatic N) is 5. The molecule has 0 saturated carbocycles. The predicted octanol–water partition coefficient (Wildman–Crippen LogP) is 1.88. The van der Waals surface area contributed by atoms with Crippen LogP contribution in [0.2, 0.25) is 0 Å². The van der Waals surface area contributed by atoms with Gasteiger partial charge >= 0.3 is 5.69 Å². The lowest BCUT2D eigenvalue weighted by Gasteiger charge is -2.21. The van der Waals surface area contributed by atoms with Gasteiger partial charge in [0.2, 0.25) is 11.7 Å².